The van der Waals surface area contributed by atoms with Gasteiger partial charge in [-0.25, -0.2) is 0 Å². The lowest BCUT2D eigenvalue weighted by atomic mass is 9.83. The van der Waals surface area contributed by atoms with Crippen LogP contribution in [0.5, 0.6) is 0 Å². The van der Waals surface area contributed by atoms with Gasteiger partial charge in [0, 0.05) is 73.3 Å². The highest BCUT2D eigenvalue weighted by Gasteiger charge is 2.25. The Bertz CT molecular complexity index is 4980. The lowest BCUT2D eigenvalue weighted by molar-refractivity contribution is 0.828. The number of fused-ring (bicyclic) bond motifs is 4. The van der Waals surface area contributed by atoms with E-state index < -0.39 is 0 Å². The number of allylic oxidation sites excluding steroid dienone is 2. The number of nitrogens with zero attached hydrogens (tertiary/aromatic N) is 4. The van der Waals surface area contributed by atoms with Gasteiger partial charge in [0.15, 0.2) is 0 Å². The van der Waals surface area contributed by atoms with Crippen LogP contribution in [0.3, 0.4) is 0 Å². The van der Waals surface area contributed by atoms with E-state index in [2.05, 4.69) is 378 Å². The van der Waals surface area contributed by atoms with Crippen LogP contribution in [0.15, 0.2) is 346 Å². The molecule has 4 heteroatoms. The molecule has 0 saturated carbocycles. The molecule has 14 aromatic rings. The summed E-state index contributed by atoms with van der Waals surface area (Å²) >= 11 is 0. The number of para-hydroxylation sites is 4. The topological polar surface area (TPSA) is 13.0 Å². The highest BCUT2D eigenvalue weighted by Crippen LogP contribution is 2.47. The Morgan fingerprint density at radius 1 is 0.261 bits per heavy atom. The Balaban J connectivity index is 0.661. The molecule has 0 N–H and O–H groups in total. The van der Waals surface area contributed by atoms with Crippen molar-refractivity contribution in [1.82, 2.24) is 0 Å². The van der Waals surface area contributed by atoms with Crippen molar-refractivity contribution in [2.24, 2.45) is 0 Å². The quantitative estimate of drug-likeness (QED) is 0.101. The van der Waals surface area contributed by atoms with Crippen molar-refractivity contribution < 1.29 is 0 Å². The van der Waals surface area contributed by atoms with Crippen molar-refractivity contribution in [3.8, 4) is 22.3 Å². The summed E-state index contributed by atoms with van der Waals surface area (Å²) < 4.78 is 0. The van der Waals surface area contributed by atoms with E-state index in [0.717, 1.165) is 93.0 Å². The van der Waals surface area contributed by atoms with Crippen LogP contribution in [-0.2, 0) is 12.8 Å². The smallest absolute Gasteiger partial charge is 0.0540 e. The molecule has 2 aliphatic carbocycles. The molecule has 1 unspecified atom stereocenters. The molecular weight excluding hydrogens is 1110 g/mol. The van der Waals surface area contributed by atoms with E-state index in [1.807, 2.05) is 0 Å². The first kappa shape index (κ1) is 55.6. The number of aryl methyl sites for hydroxylation is 1. The number of hydrogen-bond donors (Lipinski definition) is 0. The van der Waals surface area contributed by atoms with Gasteiger partial charge in [0.05, 0.1) is 22.7 Å². The summed E-state index contributed by atoms with van der Waals surface area (Å²) in [6.07, 6.45) is 12.4. The maximum atomic E-state index is 2.42. The first-order valence-electron chi connectivity index (χ1n) is 32.0. The molecule has 0 heterocycles. The fourth-order valence-electron chi connectivity index (χ4n) is 13.9. The van der Waals surface area contributed by atoms with Crippen LogP contribution in [-0.4, -0.2) is 0 Å². The average Bonchev–Trinajstić information content (AvgIpc) is 0.964. The second kappa shape index (κ2) is 24.7. The van der Waals surface area contributed by atoms with Gasteiger partial charge in [-0.15, -0.1) is 0 Å². The molecule has 16 rings (SSSR count). The zero-order valence-electron chi connectivity index (χ0n) is 51.1. The van der Waals surface area contributed by atoms with Crippen molar-refractivity contribution in [1.29, 1.82) is 0 Å². The highest BCUT2D eigenvalue weighted by atomic mass is 15.2. The van der Waals surface area contributed by atoms with Crippen molar-refractivity contribution in [3.63, 3.8) is 0 Å². The molecule has 0 radical (unpaired) electrons. The standard InChI is InChI=1S/C88H66N4/c1-5-27-73(28-6-1)89(85-37-17-23-67-21-13-15-35-81(67)85)77-51-41-63(42-52-77)65-45-55-79(56-46-65)91(75-31-9-3-10-32-75)87-39-19-25-71-61-69(49-59-83(71)87)70-50-60-84-72(62-70)26-20-40-88(84)92(76-33-11-4-12-34-76)80-57-47-66(48-58-80)64-43-53-78(54-44-64)90(74-29-7-2-8-30-74)86-38-18-24-68-22-14-16-36-82(68)86/h1-13,15-21,23-61,70H,14,22,62H2. The van der Waals surface area contributed by atoms with Gasteiger partial charge in [-0.05, 0) is 190 Å². The van der Waals surface area contributed by atoms with E-state index in [4.69, 9.17) is 0 Å². The Labute approximate surface area is 539 Å². The third kappa shape index (κ3) is 10.8. The summed E-state index contributed by atoms with van der Waals surface area (Å²) in [6.45, 7) is 0. The minimum atomic E-state index is 0.211. The van der Waals surface area contributed by atoms with Crippen LogP contribution in [0.25, 0.3) is 56.0 Å². The van der Waals surface area contributed by atoms with Gasteiger partial charge >= 0.3 is 0 Å². The SMILES string of the molecule is C1=Cc2c(cccc2N(c2ccccc2)c2ccc(-c3ccc(N(c4ccccc4)c4cccc5c4C=CC(c4ccc6c(N(c7ccccc7)c7ccc(-c8ccc(N(c9ccccc9)c9cccc%10ccccc9%10)cc8)cc7)cccc6c4)C5)cc3)cc2)CC1. The van der Waals surface area contributed by atoms with Crippen molar-refractivity contribution >= 4 is 102 Å². The predicted molar refractivity (Wildman–Crippen MR) is 390 cm³/mol. The molecule has 92 heavy (non-hydrogen) atoms. The minimum absolute atomic E-state index is 0.211. The fraction of sp³-hybridized carbons (Fsp3) is 0.0455. The lowest BCUT2D eigenvalue weighted by Crippen LogP contribution is -2.14. The van der Waals surface area contributed by atoms with Crippen molar-refractivity contribution in [3.05, 3.63) is 374 Å². The summed E-state index contributed by atoms with van der Waals surface area (Å²) in [6, 6.07) is 122. The van der Waals surface area contributed by atoms with Crippen LogP contribution in [0.1, 0.15) is 40.2 Å². The van der Waals surface area contributed by atoms with Crippen LogP contribution in [0.4, 0.5) is 68.2 Å². The van der Waals surface area contributed by atoms with Crippen molar-refractivity contribution in [2.45, 2.75) is 25.2 Å². The lowest BCUT2D eigenvalue weighted by Gasteiger charge is -2.30. The molecule has 0 fully saturated rings. The molecule has 4 nitrogen and oxygen atoms in total. The molecule has 0 amide bonds. The second-order valence-electron chi connectivity index (χ2n) is 23.9. The Kier molecular flexibility index (Phi) is 14.9. The summed E-state index contributed by atoms with van der Waals surface area (Å²) in [7, 11) is 0. The summed E-state index contributed by atoms with van der Waals surface area (Å²) in [5.74, 6) is 0.211. The van der Waals surface area contributed by atoms with E-state index >= 15 is 0 Å². The van der Waals surface area contributed by atoms with E-state index in [-0.39, 0.29) is 5.92 Å². The summed E-state index contributed by atoms with van der Waals surface area (Å²) in [5.41, 5.74) is 24.8. The number of hydrogen-bond acceptors (Lipinski definition) is 4. The van der Waals surface area contributed by atoms with Gasteiger partial charge in [-0.2, -0.15) is 0 Å². The maximum absolute atomic E-state index is 2.42. The first-order chi connectivity index (χ1) is 45.6. The Morgan fingerprint density at radius 2 is 0.620 bits per heavy atom. The zero-order valence-corrected chi connectivity index (χ0v) is 51.1. The molecule has 0 saturated heterocycles. The molecule has 0 spiro atoms. The average molecular weight is 1180 g/mol. The molecule has 0 aromatic heterocycles. The van der Waals surface area contributed by atoms with Gasteiger partial charge in [0.25, 0.3) is 0 Å². The van der Waals surface area contributed by atoms with Crippen LogP contribution in [0.2, 0.25) is 0 Å². The second-order valence-corrected chi connectivity index (χ2v) is 23.9. The van der Waals surface area contributed by atoms with Crippen LogP contribution in [0, 0.1) is 0 Å². The van der Waals surface area contributed by atoms with E-state index in [1.165, 1.54) is 66.2 Å². The zero-order chi connectivity index (χ0) is 61.2. The van der Waals surface area contributed by atoms with Gasteiger partial charge in [0.1, 0.15) is 0 Å². The number of rotatable bonds is 15. The number of anilines is 12. The third-order valence-corrected chi connectivity index (χ3v) is 18.4. The molecule has 2 aliphatic rings. The normalized spacial score (nSPS) is 13.1. The van der Waals surface area contributed by atoms with Gasteiger partial charge in [0.2, 0.25) is 0 Å². The third-order valence-electron chi connectivity index (χ3n) is 18.4. The van der Waals surface area contributed by atoms with E-state index in [9.17, 15) is 0 Å². The Hall–Kier alpha value is -11.7. The molecule has 0 aliphatic heterocycles. The van der Waals surface area contributed by atoms with Gasteiger partial charge < -0.3 is 19.6 Å². The molecule has 14 aromatic carbocycles. The van der Waals surface area contributed by atoms with Crippen molar-refractivity contribution in [2.75, 3.05) is 19.6 Å². The summed E-state index contributed by atoms with van der Waals surface area (Å²) in [5, 5.41) is 4.85. The van der Waals surface area contributed by atoms with Crippen LogP contribution >= 0.6 is 0 Å². The predicted octanol–water partition coefficient (Wildman–Crippen LogP) is 24.5. The number of benzene rings is 14. The minimum Gasteiger partial charge on any atom is -0.310 e. The molecule has 438 valence electrons. The van der Waals surface area contributed by atoms with E-state index in [1.54, 1.807) is 0 Å². The Morgan fingerprint density at radius 3 is 1.10 bits per heavy atom. The molecule has 0 bridgehead atoms. The highest BCUT2D eigenvalue weighted by molar-refractivity contribution is 6.01. The molecular formula is C88H66N4. The maximum Gasteiger partial charge on any atom is 0.0540 e. The van der Waals surface area contributed by atoms with Crippen LogP contribution < -0.4 is 19.6 Å². The molecule has 1 atom stereocenters. The largest absolute Gasteiger partial charge is 0.310 e. The fourth-order valence-corrected chi connectivity index (χ4v) is 13.9. The van der Waals surface area contributed by atoms with E-state index in [0.29, 0.717) is 0 Å². The monoisotopic (exact) mass is 1180 g/mol. The first-order valence-corrected chi connectivity index (χ1v) is 32.0. The summed E-state index contributed by atoms with van der Waals surface area (Å²) in [4.78, 5) is 9.56. The van der Waals surface area contributed by atoms with Gasteiger partial charge in [-0.1, -0.05) is 237 Å². The van der Waals surface area contributed by atoms with Gasteiger partial charge in [-0.3, -0.25) is 0 Å².